The average molecular weight is 459 g/mol. The van der Waals surface area contributed by atoms with Gasteiger partial charge < -0.3 is 20.6 Å². The lowest BCUT2D eigenvalue weighted by Gasteiger charge is -2.34. The van der Waals surface area contributed by atoms with E-state index in [-0.39, 0.29) is 30.2 Å². The first-order chi connectivity index (χ1) is 15.0. The molecule has 3 unspecified atom stereocenters. The minimum absolute atomic E-state index is 0.155. The summed E-state index contributed by atoms with van der Waals surface area (Å²) in [4.78, 5) is 33.1. The Morgan fingerprint density at radius 1 is 1.31 bits per heavy atom. The van der Waals surface area contributed by atoms with Crippen LogP contribution in [0, 0.1) is 19.3 Å². The van der Waals surface area contributed by atoms with Gasteiger partial charge in [-0.1, -0.05) is 39.0 Å². The number of aromatic nitrogens is 1. The van der Waals surface area contributed by atoms with E-state index in [9.17, 15) is 14.7 Å². The second-order valence-corrected chi connectivity index (χ2v) is 10.5. The molecular weight excluding hydrogens is 424 g/mol. The van der Waals surface area contributed by atoms with Crippen molar-refractivity contribution in [1.82, 2.24) is 20.5 Å². The summed E-state index contributed by atoms with van der Waals surface area (Å²) in [5.74, 6) is -0.391. The molecule has 0 spiro atoms. The number of aliphatic hydroxyl groups excluding tert-OH is 1. The first-order valence-corrected chi connectivity index (χ1v) is 11.8. The van der Waals surface area contributed by atoms with Crippen LogP contribution in [0.2, 0.25) is 0 Å². The molecule has 1 aromatic carbocycles. The number of hydrogen-bond acceptors (Lipinski definition) is 6. The number of likely N-dealkylation sites (tertiary alicyclic amines) is 1. The highest BCUT2D eigenvalue weighted by Gasteiger charge is 2.43. The summed E-state index contributed by atoms with van der Waals surface area (Å²) in [5, 5.41) is 16.2. The molecule has 1 aromatic heterocycles. The predicted octanol–water partition coefficient (Wildman–Crippen LogP) is 2.64. The van der Waals surface area contributed by atoms with Gasteiger partial charge in [-0.3, -0.25) is 9.59 Å². The van der Waals surface area contributed by atoms with Gasteiger partial charge >= 0.3 is 0 Å². The molecule has 2 amide bonds. The van der Waals surface area contributed by atoms with Crippen molar-refractivity contribution in [2.75, 3.05) is 13.6 Å². The molecule has 0 bridgehead atoms. The van der Waals surface area contributed by atoms with E-state index in [2.05, 4.69) is 21.7 Å². The van der Waals surface area contributed by atoms with Crippen molar-refractivity contribution in [3.8, 4) is 10.4 Å². The number of nitrogens with one attached hydrogen (secondary N) is 2. The number of aryl methyl sites for hydroxylation is 2. The zero-order valence-electron chi connectivity index (χ0n) is 19.7. The molecule has 8 heteroatoms. The Morgan fingerprint density at radius 3 is 2.59 bits per heavy atom. The number of rotatable bonds is 6. The van der Waals surface area contributed by atoms with Gasteiger partial charge in [-0.05, 0) is 43.0 Å². The molecule has 0 radical (unpaired) electrons. The van der Waals surface area contributed by atoms with Crippen LogP contribution in [0.4, 0.5) is 0 Å². The van der Waals surface area contributed by atoms with Gasteiger partial charge in [0.2, 0.25) is 11.8 Å². The van der Waals surface area contributed by atoms with Crippen molar-refractivity contribution in [2.24, 2.45) is 5.41 Å². The van der Waals surface area contributed by atoms with Gasteiger partial charge in [0.15, 0.2) is 0 Å². The summed E-state index contributed by atoms with van der Waals surface area (Å²) in [6.07, 6.45) is -0.448. The lowest BCUT2D eigenvalue weighted by atomic mass is 9.86. The standard InChI is InChI=1S/C24H34N4O3S/c1-14-9-16(20-15(2)27-13-32-20)7-8-17(14)11-26-22(30)19-10-18(29)12-28(19)23(31)21(25-6)24(3,4)5/h7-9,13,18-19,21,25,29H,10-12H2,1-6H3,(H,26,30). The quantitative estimate of drug-likeness (QED) is 0.619. The second kappa shape index (κ2) is 9.68. The molecule has 1 aliphatic rings. The highest BCUT2D eigenvalue weighted by atomic mass is 32.1. The van der Waals surface area contributed by atoms with Crippen LogP contribution in [0.1, 0.15) is 44.0 Å². The van der Waals surface area contributed by atoms with Crippen LogP contribution in [0.5, 0.6) is 0 Å². The first-order valence-electron chi connectivity index (χ1n) is 11.0. The average Bonchev–Trinajstić information content (AvgIpc) is 3.31. The van der Waals surface area contributed by atoms with Crippen LogP contribution in [0.25, 0.3) is 10.4 Å². The summed E-state index contributed by atoms with van der Waals surface area (Å²) in [6.45, 7) is 10.5. The SMILES string of the molecule is CNC(C(=O)N1CC(O)CC1C(=O)NCc1ccc(-c2scnc2C)cc1C)C(C)(C)C. The van der Waals surface area contributed by atoms with Gasteiger partial charge in [0.05, 0.1) is 28.2 Å². The summed E-state index contributed by atoms with van der Waals surface area (Å²) < 4.78 is 0. The summed E-state index contributed by atoms with van der Waals surface area (Å²) >= 11 is 1.61. The summed E-state index contributed by atoms with van der Waals surface area (Å²) in [6, 6.07) is 5.07. The lowest BCUT2D eigenvalue weighted by molar-refractivity contribution is -0.142. The number of likely N-dealkylation sites (N-methyl/N-ethyl adjacent to an activating group) is 1. The molecule has 1 fully saturated rings. The molecular formula is C24H34N4O3S. The van der Waals surface area contributed by atoms with Crippen molar-refractivity contribution in [1.29, 1.82) is 0 Å². The number of hydrogen-bond donors (Lipinski definition) is 3. The molecule has 0 aliphatic carbocycles. The fourth-order valence-corrected chi connectivity index (χ4v) is 5.12. The Bertz CT molecular complexity index is 982. The highest BCUT2D eigenvalue weighted by Crippen LogP contribution is 2.29. The fourth-order valence-electron chi connectivity index (χ4n) is 4.31. The first kappa shape index (κ1) is 24.4. The maximum atomic E-state index is 13.2. The minimum Gasteiger partial charge on any atom is -0.391 e. The molecule has 1 aliphatic heterocycles. The molecule has 174 valence electrons. The fraction of sp³-hybridized carbons (Fsp3) is 0.542. The number of amides is 2. The van der Waals surface area contributed by atoms with Crippen LogP contribution < -0.4 is 10.6 Å². The third-order valence-electron chi connectivity index (χ3n) is 6.07. The number of β-amino-alcohol motifs (C(OH)–C–C–N with tert-alkyl or cyclic N) is 1. The van der Waals surface area contributed by atoms with Crippen LogP contribution in [0.3, 0.4) is 0 Å². The second-order valence-electron chi connectivity index (χ2n) is 9.61. The normalized spacial score (nSPS) is 19.8. The lowest BCUT2D eigenvalue weighted by Crippen LogP contribution is -2.55. The van der Waals surface area contributed by atoms with Crippen LogP contribution in [0.15, 0.2) is 23.7 Å². The molecule has 1 saturated heterocycles. The highest BCUT2D eigenvalue weighted by molar-refractivity contribution is 7.13. The Kier molecular flexibility index (Phi) is 7.37. The topological polar surface area (TPSA) is 94.6 Å². The largest absolute Gasteiger partial charge is 0.391 e. The van der Waals surface area contributed by atoms with Gasteiger partial charge in [-0.25, -0.2) is 4.98 Å². The van der Waals surface area contributed by atoms with E-state index in [4.69, 9.17) is 0 Å². The maximum absolute atomic E-state index is 13.2. The van der Waals surface area contributed by atoms with E-state index in [1.807, 2.05) is 52.3 Å². The van der Waals surface area contributed by atoms with E-state index in [1.165, 1.54) is 4.90 Å². The van der Waals surface area contributed by atoms with Gasteiger partial charge in [0, 0.05) is 19.5 Å². The smallest absolute Gasteiger partial charge is 0.243 e. The Balaban J connectivity index is 1.69. The van der Waals surface area contributed by atoms with Crippen molar-refractivity contribution in [3.05, 3.63) is 40.5 Å². The predicted molar refractivity (Wildman–Crippen MR) is 127 cm³/mol. The van der Waals surface area contributed by atoms with Crippen molar-refractivity contribution >= 4 is 23.2 Å². The van der Waals surface area contributed by atoms with Crippen LogP contribution in [-0.4, -0.2) is 58.6 Å². The Hall–Kier alpha value is -2.29. The number of carbonyl (C=O) groups excluding carboxylic acids is 2. The van der Waals surface area contributed by atoms with Gasteiger partial charge in [-0.15, -0.1) is 11.3 Å². The number of carbonyl (C=O) groups is 2. The van der Waals surface area contributed by atoms with Crippen molar-refractivity contribution in [3.63, 3.8) is 0 Å². The summed E-state index contributed by atoms with van der Waals surface area (Å²) in [5.41, 5.74) is 5.76. The number of thiazole rings is 1. The van der Waals surface area contributed by atoms with Gasteiger partial charge in [-0.2, -0.15) is 0 Å². The minimum atomic E-state index is -0.698. The van der Waals surface area contributed by atoms with E-state index in [1.54, 1.807) is 18.4 Å². The molecule has 0 saturated carbocycles. The zero-order chi connectivity index (χ0) is 23.6. The van der Waals surface area contributed by atoms with Crippen molar-refractivity contribution < 1.29 is 14.7 Å². The molecule has 3 N–H and O–H groups in total. The van der Waals surface area contributed by atoms with E-state index in [0.717, 1.165) is 27.3 Å². The molecule has 2 heterocycles. The number of aliphatic hydroxyl groups is 1. The molecule has 3 rings (SSSR count). The van der Waals surface area contributed by atoms with Crippen LogP contribution in [-0.2, 0) is 16.1 Å². The zero-order valence-corrected chi connectivity index (χ0v) is 20.5. The van der Waals surface area contributed by atoms with Gasteiger partial charge in [0.25, 0.3) is 0 Å². The van der Waals surface area contributed by atoms with E-state index >= 15 is 0 Å². The maximum Gasteiger partial charge on any atom is 0.243 e. The Morgan fingerprint density at radius 2 is 2.03 bits per heavy atom. The van der Waals surface area contributed by atoms with E-state index < -0.39 is 18.2 Å². The number of benzene rings is 1. The third kappa shape index (κ3) is 5.19. The molecule has 32 heavy (non-hydrogen) atoms. The van der Waals surface area contributed by atoms with Gasteiger partial charge in [0.1, 0.15) is 6.04 Å². The molecule has 3 atom stereocenters. The molecule has 2 aromatic rings. The number of nitrogens with zero attached hydrogens (tertiary/aromatic N) is 2. The summed E-state index contributed by atoms with van der Waals surface area (Å²) in [7, 11) is 1.75. The monoisotopic (exact) mass is 458 g/mol. The van der Waals surface area contributed by atoms with Crippen molar-refractivity contribution in [2.45, 2.75) is 65.8 Å². The van der Waals surface area contributed by atoms with E-state index in [0.29, 0.717) is 6.54 Å². The molecule has 7 nitrogen and oxygen atoms in total. The Labute approximate surface area is 194 Å². The van der Waals surface area contributed by atoms with Crippen LogP contribution >= 0.6 is 11.3 Å². The third-order valence-corrected chi connectivity index (χ3v) is 7.05.